The zero-order valence-corrected chi connectivity index (χ0v) is 48.0. The third-order valence-electron chi connectivity index (χ3n) is 19.8. The maximum absolute atomic E-state index is 12.3. The summed E-state index contributed by atoms with van der Waals surface area (Å²) in [5.41, 5.74) is -3.54. The second-order valence-electron chi connectivity index (χ2n) is 25.9. The first-order chi connectivity index (χ1) is 37.0. The van der Waals surface area contributed by atoms with Crippen LogP contribution >= 0.6 is 0 Å². The van der Waals surface area contributed by atoms with Gasteiger partial charge in [0.25, 0.3) is 0 Å². The van der Waals surface area contributed by atoms with Crippen molar-refractivity contribution in [3.05, 3.63) is 49.1 Å². The van der Waals surface area contributed by atoms with E-state index >= 15 is 0 Å². The summed E-state index contributed by atoms with van der Waals surface area (Å²) in [6, 6.07) is 0. The summed E-state index contributed by atoms with van der Waals surface area (Å²) in [6.07, 6.45) is 2.61. The van der Waals surface area contributed by atoms with Gasteiger partial charge in [-0.15, -0.1) is 6.58 Å². The lowest BCUT2D eigenvalue weighted by atomic mass is 9.73. The summed E-state index contributed by atoms with van der Waals surface area (Å²) in [4.78, 5) is 0. The van der Waals surface area contributed by atoms with Gasteiger partial charge in [-0.2, -0.15) is 16.8 Å². The molecule has 11 saturated heterocycles. The summed E-state index contributed by atoms with van der Waals surface area (Å²) in [5.74, 6) is 0.0693. The number of allylic oxidation sites excluding steroid dienone is 3. The number of fused-ring (bicyclic) bond motifs is 10. The van der Waals surface area contributed by atoms with Crippen LogP contribution in [0.25, 0.3) is 0 Å². The molecule has 11 rings (SSSR count). The molecule has 0 bridgehead atoms. The molecule has 4 N–H and O–H groups in total. The predicted molar refractivity (Wildman–Crippen MR) is 280 cm³/mol. The normalized spacial score (nSPS) is 50.5. The fourth-order valence-corrected chi connectivity index (χ4v) is 16.4. The maximum atomic E-state index is 12.3. The summed E-state index contributed by atoms with van der Waals surface area (Å²) in [6.45, 7) is 23.5. The molecule has 11 aliphatic heterocycles. The van der Waals surface area contributed by atoms with Crippen molar-refractivity contribution in [3.8, 4) is 0 Å². The van der Waals surface area contributed by atoms with Crippen molar-refractivity contribution in [1.29, 1.82) is 0 Å². The first-order valence-electron chi connectivity index (χ1n) is 28.7. The predicted octanol–water partition coefficient (Wildman–Crippen LogP) is 5.45. The lowest BCUT2D eigenvalue weighted by Gasteiger charge is -2.61. The molecule has 0 saturated carbocycles. The highest BCUT2D eigenvalue weighted by Gasteiger charge is 2.65. The van der Waals surface area contributed by atoms with Crippen LogP contribution in [-0.4, -0.2) is 193 Å². The molecule has 446 valence electrons. The molecule has 0 spiro atoms. The van der Waals surface area contributed by atoms with Crippen LogP contribution < -0.4 is 0 Å². The fourth-order valence-electron chi connectivity index (χ4n) is 15.5. The Morgan fingerprint density at radius 1 is 0.696 bits per heavy atom. The van der Waals surface area contributed by atoms with Gasteiger partial charge in [0.15, 0.2) is 0 Å². The van der Waals surface area contributed by atoms with Crippen LogP contribution in [0.1, 0.15) is 138 Å². The van der Waals surface area contributed by atoms with Gasteiger partial charge in [-0.3, -0.25) is 9.11 Å². The third kappa shape index (κ3) is 11.7. The number of hydrogen-bond donors (Lipinski definition) is 4. The van der Waals surface area contributed by atoms with Gasteiger partial charge in [0.05, 0.1) is 121 Å². The molecule has 21 nitrogen and oxygen atoms in total. The zero-order valence-electron chi connectivity index (χ0n) is 46.3. The molecule has 0 aromatic heterocycles. The van der Waals surface area contributed by atoms with Gasteiger partial charge < -0.3 is 62.3 Å². The van der Waals surface area contributed by atoms with E-state index in [2.05, 4.69) is 44.7 Å². The topological polar surface area (TPSA) is 269 Å². The first kappa shape index (κ1) is 58.9. The van der Waals surface area contributed by atoms with E-state index in [9.17, 15) is 31.6 Å². The van der Waals surface area contributed by atoms with Crippen molar-refractivity contribution in [2.24, 2.45) is 5.92 Å². The molecule has 0 aromatic carbocycles. The average Bonchev–Trinajstić information content (AvgIpc) is 3.76. The Hall–Kier alpha value is -1.82. The zero-order chi connectivity index (χ0) is 56.4. The van der Waals surface area contributed by atoms with Gasteiger partial charge in [-0.25, -0.2) is 8.37 Å². The minimum absolute atomic E-state index is 0.0618. The van der Waals surface area contributed by atoms with Crippen LogP contribution in [0.4, 0.5) is 0 Å². The number of hydrogen-bond acceptors (Lipinski definition) is 19. The van der Waals surface area contributed by atoms with E-state index in [1.165, 1.54) is 0 Å². The highest BCUT2D eigenvalue weighted by molar-refractivity contribution is 7.81. The second kappa shape index (κ2) is 21.6. The van der Waals surface area contributed by atoms with E-state index in [1.807, 2.05) is 6.92 Å². The average molecular weight is 1160 g/mol. The van der Waals surface area contributed by atoms with E-state index in [0.29, 0.717) is 69.8 Å². The van der Waals surface area contributed by atoms with Crippen LogP contribution in [-0.2, 0) is 81.3 Å². The minimum Gasteiger partial charge on any atom is -0.387 e. The largest absolute Gasteiger partial charge is 0.397 e. The van der Waals surface area contributed by atoms with E-state index in [4.69, 9.17) is 60.8 Å². The molecule has 79 heavy (non-hydrogen) atoms. The van der Waals surface area contributed by atoms with Crippen molar-refractivity contribution in [1.82, 2.24) is 0 Å². The highest BCUT2D eigenvalue weighted by atomic mass is 32.3. The Morgan fingerprint density at radius 2 is 1.27 bits per heavy atom. The van der Waals surface area contributed by atoms with E-state index in [-0.39, 0.29) is 86.7 Å². The molecule has 11 aliphatic rings. The van der Waals surface area contributed by atoms with Crippen molar-refractivity contribution in [2.45, 2.75) is 288 Å². The maximum Gasteiger partial charge on any atom is 0.397 e. The molecule has 0 aromatic rings. The number of ether oxygens (including phenoxy) is 11. The number of aliphatic hydroxyl groups excluding tert-OH is 1. The Labute approximate surface area is 465 Å². The van der Waals surface area contributed by atoms with Gasteiger partial charge in [-0.05, 0) is 97.5 Å². The smallest absolute Gasteiger partial charge is 0.387 e. The molecular formula is C56H84O21S2. The van der Waals surface area contributed by atoms with Gasteiger partial charge in [0, 0.05) is 44.9 Å². The Kier molecular flexibility index (Phi) is 16.1. The van der Waals surface area contributed by atoms with Gasteiger partial charge in [0.2, 0.25) is 0 Å². The third-order valence-corrected chi connectivity index (χ3v) is 20.8. The molecule has 11 fully saturated rings. The second-order valence-corrected chi connectivity index (χ2v) is 28.0. The lowest BCUT2D eigenvalue weighted by Crippen LogP contribution is -2.74. The van der Waals surface area contributed by atoms with Crippen LogP contribution in [0.15, 0.2) is 49.1 Å². The van der Waals surface area contributed by atoms with E-state index < -0.39 is 116 Å². The monoisotopic (exact) mass is 1160 g/mol. The fraction of sp³-hybridized carbons (Fsp3) is 0.857. The molecule has 0 amide bonds. The standard InChI is InChI=1S/C56H84O21S2/c1-10-12-29(2)13-17-52(5,58)51-31(4)21-40-39(72-51)27-47-56(9,75-40)50(57)49-43(71-47)25-42-48(73-49)30(3)14-18-54(7)45(70-42)28-44-55(8,77-54)19-15-32-33(69-44)22-35-34(66-32)23-36-37(67-35)24-41-38(68-36)26-46(76-79(62,63)64)53(6,74-41)16-11-20-65-78(59,60)61/h10,13,17,30,32-51,57-58H,1-2,4,11-12,14-16,18-28H2,3,5-9H3,(H,59,60,61)(H,62,63,64)/b17-13-/t30?,32?,33?,34?,35?,36?,37?,38?,39?,40?,41?,42?,43?,44?,45?,46-,47?,48?,49?,50+,51?,52+,53+,54?,55?,56?/m0/s1. The van der Waals surface area contributed by atoms with Gasteiger partial charge in [0.1, 0.15) is 35.6 Å². The van der Waals surface area contributed by atoms with Gasteiger partial charge >= 0.3 is 20.8 Å². The SMILES string of the molecule is C=CCC(=C)/C=C\[C@@](C)(O)C1OC2CC3OC4CC5OC6CC7OC8CC9OC%10CC%11O[C@](C)(CCCOS(=O)(=O)O)[C@@H](OS(=O)(=O)O)CC%11OC%10CC9OC8CCC7(C)OC6(C)CCC(C)C5OC4[C@@H](O)C3(C)OC2CC1=C. The van der Waals surface area contributed by atoms with Crippen molar-refractivity contribution in [2.75, 3.05) is 6.61 Å². The molecule has 26 atom stereocenters. The molecule has 11 heterocycles. The summed E-state index contributed by atoms with van der Waals surface area (Å²) >= 11 is 0. The molecule has 0 radical (unpaired) electrons. The minimum atomic E-state index is -4.91. The molecular weight excluding hydrogens is 1070 g/mol. The Bertz CT molecular complexity index is 2560. The summed E-state index contributed by atoms with van der Waals surface area (Å²) < 4.78 is 151. The number of rotatable bonds is 12. The quantitative estimate of drug-likeness (QED) is 0.0819. The van der Waals surface area contributed by atoms with Crippen molar-refractivity contribution < 1.29 is 96.6 Å². The Morgan fingerprint density at radius 3 is 1.92 bits per heavy atom. The first-order valence-corrected chi connectivity index (χ1v) is 31.4. The van der Waals surface area contributed by atoms with E-state index in [1.54, 1.807) is 32.1 Å². The molecule has 22 unspecified atom stereocenters. The van der Waals surface area contributed by atoms with E-state index in [0.717, 1.165) is 18.4 Å². The Balaban J connectivity index is 0.745. The van der Waals surface area contributed by atoms with Gasteiger partial charge in [-0.1, -0.05) is 43.9 Å². The summed E-state index contributed by atoms with van der Waals surface area (Å²) in [7, 11) is -9.60. The molecule has 0 aliphatic carbocycles. The van der Waals surface area contributed by atoms with Crippen LogP contribution in [0, 0.1) is 5.92 Å². The van der Waals surface area contributed by atoms with Crippen LogP contribution in [0.2, 0.25) is 0 Å². The van der Waals surface area contributed by atoms with Crippen molar-refractivity contribution >= 4 is 20.8 Å². The highest BCUT2D eigenvalue weighted by Crippen LogP contribution is 2.54. The van der Waals surface area contributed by atoms with Crippen LogP contribution in [0.5, 0.6) is 0 Å². The lowest BCUT2D eigenvalue weighted by molar-refractivity contribution is -0.369. The van der Waals surface area contributed by atoms with Crippen molar-refractivity contribution in [3.63, 3.8) is 0 Å². The number of aliphatic hydroxyl groups is 2. The van der Waals surface area contributed by atoms with Crippen LogP contribution in [0.3, 0.4) is 0 Å². The summed E-state index contributed by atoms with van der Waals surface area (Å²) in [5, 5.41) is 24.0. The molecule has 23 heteroatoms.